The minimum Gasteiger partial charge on any atom is -0.448 e. The third kappa shape index (κ3) is 4.12. The van der Waals surface area contributed by atoms with E-state index < -0.39 is 28.0 Å². The molecule has 3 rings (SSSR count). The van der Waals surface area contributed by atoms with Gasteiger partial charge in [-0.3, -0.25) is 4.79 Å². The van der Waals surface area contributed by atoms with Gasteiger partial charge in [0.05, 0.1) is 4.90 Å². The number of primary sulfonamides is 1. The maximum atomic E-state index is 12.2. The molecule has 0 saturated carbocycles. The number of ether oxygens (including phenoxy) is 1. The van der Waals surface area contributed by atoms with Crippen molar-refractivity contribution in [2.75, 3.05) is 5.32 Å². The molecule has 1 unspecified atom stereocenters. The highest BCUT2D eigenvalue weighted by Crippen LogP contribution is 2.31. The quantitative estimate of drug-likeness (QED) is 0.753. The number of nitrogens with one attached hydrogen (secondary N) is 1. The van der Waals surface area contributed by atoms with Crippen LogP contribution in [0.1, 0.15) is 33.5 Å². The lowest BCUT2D eigenvalue weighted by molar-refractivity contribution is -0.123. The molecule has 3 N–H and O–H groups in total. The van der Waals surface area contributed by atoms with Gasteiger partial charge in [-0.1, -0.05) is 0 Å². The molecular weight excluding hydrogens is 376 g/mol. The summed E-state index contributed by atoms with van der Waals surface area (Å²) in [6, 6.07) is 7.24. The van der Waals surface area contributed by atoms with Crippen LogP contribution in [0.25, 0.3) is 0 Å². The number of esters is 1. The Labute approximate surface area is 155 Å². The van der Waals surface area contributed by atoms with Crippen molar-refractivity contribution in [3.63, 3.8) is 0 Å². The van der Waals surface area contributed by atoms with E-state index in [9.17, 15) is 18.0 Å². The molecule has 138 valence electrons. The van der Waals surface area contributed by atoms with Gasteiger partial charge in [0.1, 0.15) is 4.88 Å². The fourth-order valence-corrected chi connectivity index (χ4v) is 4.33. The average Bonchev–Trinajstić information content (AvgIpc) is 3.16. The van der Waals surface area contributed by atoms with Crippen molar-refractivity contribution in [2.45, 2.75) is 37.2 Å². The van der Waals surface area contributed by atoms with Crippen molar-refractivity contribution >= 4 is 38.9 Å². The molecule has 1 heterocycles. The van der Waals surface area contributed by atoms with Gasteiger partial charge in [-0.15, -0.1) is 11.3 Å². The Morgan fingerprint density at radius 1 is 1.23 bits per heavy atom. The topological polar surface area (TPSA) is 116 Å². The first-order valence-electron chi connectivity index (χ1n) is 8.00. The molecule has 9 heteroatoms. The van der Waals surface area contributed by atoms with Gasteiger partial charge in [0, 0.05) is 10.6 Å². The second-order valence-corrected chi connectivity index (χ2v) is 8.72. The Balaban J connectivity index is 1.59. The van der Waals surface area contributed by atoms with Crippen molar-refractivity contribution < 1.29 is 22.7 Å². The summed E-state index contributed by atoms with van der Waals surface area (Å²) in [5.41, 5.74) is 1.56. The summed E-state index contributed by atoms with van der Waals surface area (Å²) < 4.78 is 27.7. The minimum absolute atomic E-state index is 0.0549. The number of benzene rings is 1. The van der Waals surface area contributed by atoms with Crippen molar-refractivity contribution in [1.29, 1.82) is 0 Å². The fraction of sp³-hybridized carbons (Fsp3) is 0.294. The SMILES string of the molecule is CC(OC(=O)c1cc2c(s1)CCC2)C(=O)Nc1ccc(S(N)(=O)=O)cc1. The van der Waals surface area contributed by atoms with Crippen molar-refractivity contribution in [2.24, 2.45) is 5.14 Å². The molecular formula is C17H18N2O5S2. The number of rotatable bonds is 5. The molecule has 0 spiro atoms. The Bertz CT molecular complexity index is 927. The molecule has 1 aliphatic carbocycles. The molecule has 7 nitrogen and oxygen atoms in total. The van der Waals surface area contributed by atoms with E-state index in [1.165, 1.54) is 53.0 Å². The van der Waals surface area contributed by atoms with Crippen LogP contribution >= 0.6 is 11.3 Å². The second kappa shape index (κ2) is 7.18. The zero-order valence-corrected chi connectivity index (χ0v) is 15.7. The van der Waals surface area contributed by atoms with E-state index in [-0.39, 0.29) is 4.90 Å². The minimum atomic E-state index is -3.79. The van der Waals surface area contributed by atoms with E-state index in [4.69, 9.17) is 9.88 Å². The number of thiophene rings is 1. The van der Waals surface area contributed by atoms with E-state index >= 15 is 0 Å². The maximum Gasteiger partial charge on any atom is 0.349 e. The van der Waals surface area contributed by atoms with Crippen molar-refractivity contribution in [1.82, 2.24) is 0 Å². The number of anilines is 1. The second-order valence-electron chi connectivity index (χ2n) is 6.02. The van der Waals surface area contributed by atoms with Crippen molar-refractivity contribution in [3.05, 3.63) is 45.6 Å². The van der Waals surface area contributed by atoms with E-state index in [2.05, 4.69) is 5.32 Å². The molecule has 0 fully saturated rings. The number of sulfonamides is 1. The third-order valence-electron chi connectivity index (χ3n) is 4.05. The largest absolute Gasteiger partial charge is 0.448 e. The summed E-state index contributed by atoms with van der Waals surface area (Å²) in [5.74, 6) is -1.03. The predicted molar refractivity (Wildman–Crippen MR) is 97.7 cm³/mol. The zero-order valence-electron chi connectivity index (χ0n) is 14.0. The van der Waals surface area contributed by atoms with Gasteiger partial charge in [-0.2, -0.15) is 0 Å². The van der Waals surface area contributed by atoms with Crippen LogP contribution in [0.4, 0.5) is 5.69 Å². The van der Waals surface area contributed by atoms with E-state index in [1.54, 1.807) is 0 Å². The van der Waals surface area contributed by atoms with Gasteiger partial charge in [-0.25, -0.2) is 18.4 Å². The highest BCUT2D eigenvalue weighted by molar-refractivity contribution is 7.89. The van der Waals surface area contributed by atoms with E-state index in [1.807, 2.05) is 6.07 Å². The zero-order chi connectivity index (χ0) is 18.9. The molecule has 2 aromatic rings. The highest BCUT2D eigenvalue weighted by atomic mass is 32.2. The molecule has 1 amide bonds. The Morgan fingerprint density at radius 2 is 1.92 bits per heavy atom. The molecule has 1 aliphatic rings. The fourth-order valence-electron chi connectivity index (χ4n) is 2.67. The number of hydrogen-bond donors (Lipinski definition) is 2. The number of hydrogen-bond acceptors (Lipinski definition) is 6. The van der Waals surface area contributed by atoms with Crippen LogP contribution in [-0.2, 0) is 32.4 Å². The summed E-state index contributed by atoms with van der Waals surface area (Å²) in [6.45, 7) is 1.48. The summed E-state index contributed by atoms with van der Waals surface area (Å²) in [4.78, 5) is 26.0. The molecule has 1 aromatic heterocycles. The van der Waals surface area contributed by atoms with Crippen LogP contribution in [-0.4, -0.2) is 26.4 Å². The van der Waals surface area contributed by atoms with Crippen LogP contribution in [0, 0.1) is 0 Å². The first-order valence-corrected chi connectivity index (χ1v) is 10.4. The van der Waals surface area contributed by atoms with Gasteiger partial charge in [0.2, 0.25) is 10.0 Å². The summed E-state index contributed by atoms with van der Waals surface area (Å²) in [6.07, 6.45) is 2.08. The van der Waals surface area contributed by atoms with Gasteiger partial charge < -0.3 is 10.1 Å². The Hall–Kier alpha value is -2.23. The maximum absolute atomic E-state index is 12.2. The molecule has 0 bridgehead atoms. The molecule has 0 aliphatic heterocycles. The van der Waals surface area contributed by atoms with Crippen LogP contribution in [0.5, 0.6) is 0 Å². The van der Waals surface area contributed by atoms with Gasteiger partial charge in [-0.05, 0) is 62.1 Å². The number of carbonyl (C=O) groups excluding carboxylic acids is 2. The number of amides is 1. The summed E-state index contributed by atoms with van der Waals surface area (Å²) >= 11 is 1.42. The molecule has 0 saturated heterocycles. The molecule has 1 aromatic carbocycles. The lowest BCUT2D eigenvalue weighted by Gasteiger charge is -2.13. The monoisotopic (exact) mass is 394 g/mol. The summed E-state index contributed by atoms with van der Waals surface area (Å²) in [5, 5.41) is 7.59. The van der Waals surface area contributed by atoms with E-state index in [0.29, 0.717) is 10.6 Å². The standard InChI is InChI=1S/C17H18N2O5S2/c1-10(24-17(21)15-9-11-3-2-4-14(11)25-15)16(20)19-12-5-7-13(8-6-12)26(18,22)23/h5-10H,2-4H2,1H3,(H,19,20)(H2,18,22,23). The van der Waals surface area contributed by atoms with Crippen molar-refractivity contribution in [3.8, 4) is 0 Å². The van der Waals surface area contributed by atoms with Gasteiger partial charge in [0.25, 0.3) is 5.91 Å². The number of fused-ring (bicyclic) bond motifs is 1. The summed E-state index contributed by atoms with van der Waals surface area (Å²) in [7, 11) is -3.79. The van der Waals surface area contributed by atoms with E-state index in [0.717, 1.165) is 19.3 Å². The van der Waals surface area contributed by atoms with Gasteiger partial charge >= 0.3 is 5.97 Å². The number of aryl methyl sites for hydroxylation is 2. The smallest absolute Gasteiger partial charge is 0.349 e. The number of nitrogens with two attached hydrogens (primary N) is 1. The lowest BCUT2D eigenvalue weighted by atomic mass is 10.2. The van der Waals surface area contributed by atoms with Gasteiger partial charge in [0.15, 0.2) is 6.10 Å². The normalized spacial score (nSPS) is 14.5. The average molecular weight is 394 g/mol. The molecule has 26 heavy (non-hydrogen) atoms. The van der Waals surface area contributed by atoms with Crippen LogP contribution in [0.15, 0.2) is 35.2 Å². The first-order chi connectivity index (χ1) is 12.2. The lowest BCUT2D eigenvalue weighted by Crippen LogP contribution is -2.29. The van der Waals surface area contributed by atoms with Crippen LogP contribution in [0.2, 0.25) is 0 Å². The Morgan fingerprint density at radius 3 is 2.54 bits per heavy atom. The molecule has 0 radical (unpaired) electrons. The first kappa shape index (κ1) is 18.6. The predicted octanol–water partition coefficient (Wildman–Crippen LogP) is 2.07. The molecule has 1 atom stereocenters. The third-order valence-corrected chi connectivity index (χ3v) is 6.20. The van der Waals surface area contributed by atoms with Crippen LogP contribution in [0.3, 0.4) is 0 Å². The Kier molecular flexibility index (Phi) is 5.12. The number of carbonyl (C=O) groups is 2. The highest BCUT2D eigenvalue weighted by Gasteiger charge is 2.23. The van der Waals surface area contributed by atoms with Crippen LogP contribution < -0.4 is 10.5 Å².